The van der Waals surface area contributed by atoms with E-state index in [9.17, 15) is 9.59 Å². The molecule has 4 aliphatic rings. The molecule has 1 saturated carbocycles. The SMILES string of the molecule is CCc1ccc(NC(=O)N(CC2=CCC3CC2C3(C)C)C2CCCCNC2=O)cc1. The minimum atomic E-state index is -0.413. The van der Waals surface area contributed by atoms with Crippen molar-refractivity contribution in [3.63, 3.8) is 0 Å². The number of benzene rings is 1. The molecule has 2 N–H and O–H groups in total. The Balaban J connectivity index is 1.55. The first kappa shape index (κ1) is 21.0. The number of fused-ring (bicyclic) bond motifs is 1. The molecule has 0 radical (unpaired) electrons. The summed E-state index contributed by atoms with van der Waals surface area (Å²) >= 11 is 0. The van der Waals surface area contributed by atoms with Crippen molar-refractivity contribution in [2.24, 2.45) is 17.3 Å². The number of rotatable bonds is 5. The number of anilines is 1. The Morgan fingerprint density at radius 3 is 2.67 bits per heavy atom. The zero-order chi connectivity index (χ0) is 21.3. The number of carbonyl (C=O) groups is 2. The van der Waals surface area contributed by atoms with Gasteiger partial charge in [0, 0.05) is 18.8 Å². The molecule has 3 unspecified atom stereocenters. The molecule has 2 fully saturated rings. The maximum atomic E-state index is 13.4. The molecular weight excluding hydrogens is 374 g/mol. The number of aryl methyl sites for hydroxylation is 1. The fourth-order valence-corrected chi connectivity index (χ4v) is 5.42. The number of hydrogen-bond acceptors (Lipinski definition) is 2. The summed E-state index contributed by atoms with van der Waals surface area (Å²) in [5, 5.41) is 6.05. The van der Waals surface area contributed by atoms with Crippen LogP contribution >= 0.6 is 0 Å². The van der Waals surface area contributed by atoms with E-state index < -0.39 is 6.04 Å². The summed E-state index contributed by atoms with van der Waals surface area (Å²) in [6, 6.07) is 7.38. The highest BCUT2D eigenvalue weighted by Crippen LogP contribution is 2.59. The molecule has 3 amide bonds. The van der Waals surface area contributed by atoms with Gasteiger partial charge in [-0.05, 0) is 73.5 Å². The standard InChI is InChI=1S/C25H35N3O2/c1-4-17-8-12-20(13-9-17)27-24(30)28(22-7-5-6-14-26-23(22)29)16-18-10-11-19-15-21(18)25(19,2)3/h8-10,12-13,19,21-22H,4-7,11,14-16H2,1-3H3,(H,26,29)(H,27,30). The number of urea groups is 1. The summed E-state index contributed by atoms with van der Waals surface area (Å²) in [6.45, 7) is 8.04. The minimum Gasteiger partial charge on any atom is -0.354 e. The summed E-state index contributed by atoms with van der Waals surface area (Å²) in [5.41, 5.74) is 3.64. The molecule has 0 aromatic heterocycles. The highest BCUT2D eigenvalue weighted by molar-refractivity contribution is 5.94. The number of amides is 3. The normalized spacial score (nSPS) is 27.2. The van der Waals surface area contributed by atoms with E-state index in [1.54, 1.807) is 4.90 Å². The van der Waals surface area contributed by atoms with Crippen LogP contribution in [0, 0.1) is 17.3 Å². The summed E-state index contributed by atoms with van der Waals surface area (Å²) < 4.78 is 0. The molecule has 5 nitrogen and oxygen atoms in total. The smallest absolute Gasteiger partial charge is 0.322 e. The molecule has 30 heavy (non-hydrogen) atoms. The Morgan fingerprint density at radius 1 is 1.23 bits per heavy atom. The average Bonchev–Trinajstić information content (AvgIpc) is 2.96. The summed E-state index contributed by atoms with van der Waals surface area (Å²) in [4.78, 5) is 28.0. The number of carbonyl (C=O) groups excluding carboxylic acids is 2. The monoisotopic (exact) mass is 409 g/mol. The minimum absolute atomic E-state index is 0.0221. The third-order valence-electron chi connectivity index (χ3n) is 7.69. The van der Waals surface area contributed by atoms with E-state index in [1.807, 2.05) is 24.3 Å². The maximum Gasteiger partial charge on any atom is 0.322 e. The van der Waals surface area contributed by atoms with Gasteiger partial charge in [0.1, 0.15) is 6.04 Å². The molecule has 1 aromatic carbocycles. The molecule has 5 rings (SSSR count). The van der Waals surface area contributed by atoms with Gasteiger partial charge in [-0.15, -0.1) is 0 Å². The Bertz CT molecular complexity index is 827. The van der Waals surface area contributed by atoms with Crippen molar-refractivity contribution in [2.45, 2.75) is 65.3 Å². The molecular formula is C25H35N3O2. The lowest BCUT2D eigenvalue weighted by atomic mass is 9.49. The number of nitrogens with one attached hydrogen (secondary N) is 2. The van der Waals surface area contributed by atoms with Crippen molar-refractivity contribution in [3.8, 4) is 0 Å². The first-order valence-electron chi connectivity index (χ1n) is 11.5. The van der Waals surface area contributed by atoms with Crippen molar-refractivity contribution >= 4 is 17.6 Å². The van der Waals surface area contributed by atoms with E-state index in [0.29, 0.717) is 24.4 Å². The molecule has 3 aliphatic carbocycles. The lowest BCUT2D eigenvalue weighted by molar-refractivity contribution is -0.125. The fraction of sp³-hybridized carbons (Fsp3) is 0.600. The summed E-state index contributed by atoms with van der Waals surface area (Å²) in [6.07, 6.45) is 8.24. The van der Waals surface area contributed by atoms with Crippen LogP contribution in [-0.2, 0) is 11.2 Å². The molecule has 3 atom stereocenters. The molecule has 1 aromatic rings. The van der Waals surface area contributed by atoms with E-state index in [2.05, 4.69) is 37.5 Å². The van der Waals surface area contributed by atoms with Crippen LogP contribution in [0.4, 0.5) is 10.5 Å². The van der Waals surface area contributed by atoms with Gasteiger partial charge < -0.3 is 15.5 Å². The van der Waals surface area contributed by atoms with Crippen LogP contribution in [0.15, 0.2) is 35.9 Å². The van der Waals surface area contributed by atoms with E-state index in [-0.39, 0.29) is 11.9 Å². The molecule has 5 heteroatoms. The Hall–Kier alpha value is -2.30. The summed E-state index contributed by atoms with van der Waals surface area (Å²) in [5.74, 6) is 1.25. The van der Waals surface area contributed by atoms with E-state index in [0.717, 1.165) is 43.7 Å². The zero-order valence-corrected chi connectivity index (χ0v) is 18.5. The lowest BCUT2D eigenvalue weighted by Gasteiger charge is -2.57. The van der Waals surface area contributed by atoms with E-state index >= 15 is 0 Å². The van der Waals surface area contributed by atoms with Gasteiger partial charge in [-0.3, -0.25) is 4.79 Å². The van der Waals surface area contributed by atoms with Crippen LogP contribution in [0.1, 0.15) is 58.4 Å². The number of allylic oxidation sites excluding steroid dienone is 1. The Kier molecular flexibility index (Phi) is 5.90. The van der Waals surface area contributed by atoms with Crippen LogP contribution in [0.3, 0.4) is 0 Å². The molecule has 1 saturated heterocycles. The van der Waals surface area contributed by atoms with E-state index in [4.69, 9.17) is 0 Å². The second-order valence-corrected chi connectivity index (χ2v) is 9.73. The van der Waals surface area contributed by atoms with Gasteiger partial charge in [-0.2, -0.15) is 0 Å². The number of nitrogens with zero attached hydrogens (tertiary/aromatic N) is 1. The van der Waals surface area contributed by atoms with Gasteiger partial charge in [0.15, 0.2) is 0 Å². The first-order chi connectivity index (χ1) is 14.4. The Labute approximate surface area is 180 Å². The highest BCUT2D eigenvalue weighted by Gasteiger charge is 2.51. The predicted molar refractivity (Wildman–Crippen MR) is 120 cm³/mol. The van der Waals surface area contributed by atoms with Crippen LogP contribution in [-0.4, -0.2) is 36.0 Å². The third kappa shape index (κ3) is 3.99. The lowest BCUT2D eigenvalue weighted by Crippen LogP contribution is -2.54. The van der Waals surface area contributed by atoms with Gasteiger partial charge >= 0.3 is 6.03 Å². The van der Waals surface area contributed by atoms with Crippen molar-refractivity contribution in [1.29, 1.82) is 0 Å². The number of hydrogen-bond donors (Lipinski definition) is 2. The molecule has 1 aliphatic heterocycles. The molecule has 0 spiro atoms. The van der Waals surface area contributed by atoms with Crippen molar-refractivity contribution in [2.75, 3.05) is 18.4 Å². The van der Waals surface area contributed by atoms with Gasteiger partial charge in [0.2, 0.25) is 5.91 Å². The van der Waals surface area contributed by atoms with E-state index in [1.165, 1.54) is 17.6 Å². The van der Waals surface area contributed by atoms with Gasteiger partial charge in [0.05, 0.1) is 0 Å². The van der Waals surface area contributed by atoms with Crippen molar-refractivity contribution in [3.05, 3.63) is 41.5 Å². The van der Waals surface area contributed by atoms with Crippen LogP contribution in [0.5, 0.6) is 0 Å². The topological polar surface area (TPSA) is 61.4 Å². The summed E-state index contributed by atoms with van der Waals surface area (Å²) in [7, 11) is 0. The first-order valence-corrected chi connectivity index (χ1v) is 11.5. The average molecular weight is 410 g/mol. The van der Waals surface area contributed by atoms with Crippen molar-refractivity contribution < 1.29 is 9.59 Å². The third-order valence-corrected chi connectivity index (χ3v) is 7.69. The largest absolute Gasteiger partial charge is 0.354 e. The van der Waals surface area contributed by atoms with Gasteiger partial charge in [-0.1, -0.05) is 44.6 Å². The Morgan fingerprint density at radius 2 is 2.00 bits per heavy atom. The molecule has 162 valence electrons. The van der Waals surface area contributed by atoms with Crippen molar-refractivity contribution in [1.82, 2.24) is 10.2 Å². The highest BCUT2D eigenvalue weighted by atomic mass is 16.2. The maximum absolute atomic E-state index is 13.4. The molecule has 1 heterocycles. The fourth-order valence-electron chi connectivity index (χ4n) is 5.42. The van der Waals surface area contributed by atoms with Gasteiger partial charge in [0.25, 0.3) is 0 Å². The van der Waals surface area contributed by atoms with Crippen LogP contribution in [0.2, 0.25) is 0 Å². The second kappa shape index (κ2) is 8.44. The zero-order valence-electron chi connectivity index (χ0n) is 18.5. The van der Waals surface area contributed by atoms with Crippen LogP contribution in [0.25, 0.3) is 0 Å². The van der Waals surface area contributed by atoms with Crippen LogP contribution < -0.4 is 10.6 Å². The molecule has 2 bridgehead atoms. The predicted octanol–water partition coefficient (Wildman–Crippen LogP) is 4.74. The second-order valence-electron chi connectivity index (χ2n) is 9.73. The quantitative estimate of drug-likeness (QED) is 0.690. The van der Waals surface area contributed by atoms with Gasteiger partial charge in [-0.25, -0.2) is 4.79 Å².